The van der Waals surface area contributed by atoms with E-state index in [9.17, 15) is 5.26 Å². The largest absolute Gasteiger partial charge is 0.192 e. The predicted molar refractivity (Wildman–Crippen MR) is 71.3 cm³/mol. The minimum Gasteiger partial charge on any atom is -0.192 e. The summed E-state index contributed by atoms with van der Waals surface area (Å²) in [5.74, 6) is 0. The Hall–Kier alpha value is -1.55. The molecule has 1 fully saturated rings. The zero-order chi connectivity index (χ0) is 11.9. The lowest BCUT2D eigenvalue weighted by Crippen LogP contribution is -1.96. The Balaban J connectivity index is 2.28. The second-order valence-corrected chi connectivity index (χ2v) is 4.72. The lowest BCUT2D eigenvalue weighted by Gasteiger charge is -2.14. The molecular weight excluding hydrogens is 206 g/mol. The number of allylic oxidation sites excluding steroid dienone is 2. The van der Waals surface area contributed by atoms with E-state index in [1.54, 1.807) is 0 Å². The van der Waals surface area contributed by atoms with Crippen molar-refractivity contribution >= 4 is 5.57 Å². The van der Waals surface area contributed by atoms with Crippen LogP contribution in [0, 0.1) is 11.3 Å². The van der Waals surface area contributed by atoms with Crippen LogP contribution in [0.4, 0.5) is 0 Å². The summed E-state index contributed by atoms with van der Waals surface area (Å²) in [4.78, 5) is 0. The van der Waals surface area contributed by atoms with Gasteiger partial charge in [0.05, 0.1) is 11.6 Å². The van der Waals surface area contributed by atoms with Gasteiger partial charge in [0, 0.05) is 0 Å². The molecule has 0 saturated heterocycles. The zero-order valence-electron chi connectivity index (χ0n) is 10.3. The monoisotopic (exact) mass is 225 g/mol. The normalized spacial score (nSPS) is 16.8. The van der Waals surface area contributed by atoms with Crippen molar-refractivity contribution in [2.45, 2.75) is 44.9 Å². The van der Waals surface area contributed by atoms with Crippen LogP contribution in [0.1, 0.15) is 50.5 Å². The fourth-order valence-corrected chi connectivity index (χ4v) is 2.53. The first-order valence-corrected chi connectivity index (χ1v) is 6.59. The number of hydrogen-bond acceptors (Lipinski definition) is 1. The van der Waals surface area contributed by atoms with Crippen LogP contribution in [-0.4, -0.2) is 0 Å². The van der Waals surface area contributed by atoms with Crippen LogP contribution in [-0.2, 0) is 0 Å². The number of nitriles is 1. The molecule has 0 unspecified atom stereocenters. The molecule has 1 aromatic rings. The van der Waals surface area contributed by atoms with Gasteiger partial charge in [-0.05, 0) is 31.2 Å². The minimum absolute atomic E-state index is 0.924. The molecular formula is C16H19N. The highest BCUT2D eigenvalue weighted by Crippen LogP contribution is 2.28. The Kier molecular flexibility index (Phi) is 4.38. The third kappa shape index (κ3) is 3.20. The number of hydrogen-bond donors (Lipinski definition) is 0. The van der Waals surface area contributed by atoms with Crippen LogP contribution in [0.15, 0.2) is 35.9 Å². The maximum absolute atomic E-state index is 9.39. The van der Waals surface area contributed by atoms with Gasteiger partial charge in [-0.3, -0.25) is 0 Å². The van der Waals surface area contributed by atoms with Crippen LogP contribution in [0.2, 0.25) is 0 Å². The standard InChI is InChI=1S/C16H19N/c17-13-16(15-11-7-4-8-12-15)14-9-5-2-1-3-6-10-14/h4,7-8,11-12H,1-3,5-6,9-10H2. The molecule has 2 rings (SSSR count). The number of nitrogens with zero attached hydrogens (tertiary/aromatic N) is 1. The summed E-state index contributed by atoms with van der Waals surface area (Å²) >= 11 is 0. The van der Waals surface area contributed by atoms with Crippen LogP contribution in [0.3, 0.4) is 0 Å². The van der Waals surface area contributed by atoms with E-state index in [2.05, 4.69) is 6.07 Å². The lowest BCUT2D eigenvalue weighted by molar-refractivity contribution is 0.570. The molecule has 0 N–H and O–H groups in total. The maximum atomic E-state index is 9.39. The van der Waals surface area contributed by atoms with E-state index < -0.39 is 0 Å². The van der Waals surface area contributed by atoms with Crippen molar-refractivity contribution in [3.63, 3.8) is 0 Å². The average Bonchev–Trinajstić information content (AvgIpc) is 2.34. The Labute approximate surface area is 104 Å². The highest BCUT2D eigenvalue weighted by Gasteiger charge is 2.10. The lowest BCUT2D eigenvalue weighted by atomic mass is 9.90. The van der Waals surface area contributed by atoms with Crippen LogP contribution in [0.5, 0.6) is 0 Å². The molecule has 0 radical (unpaired) electrons. The SMILES string of the molecule is N#CC(=C1CCCCCCC1)c1ccccc1. The van der Waals surface area contributed by atoms with E-state index in [0.29, 0.717) is 0 Å². The van der Waals surface area contributed by atoms with Gasteiger partial charge in [-0.25, -0.2) is 0 Å². The Morgan fingerprint density at radius 2 is 1.47 bits per heavy atom. The fourth-order valence-electron chi connectivity index (χ4n) is 2.53. The molecule has 0 amide bonds. The van der Waals surface area contributed by atoms with Gasteiger partial charge in [0.2, 0.25) is 0 Å². The molecule has 0 heterocycles. The number of benzene rings is 1. The quantitative estimate of drug-likeness (QED) is 0.635. The molecule has 0 bridgehead atoms. The molecule has 1 aromatic carbocycles. The first-order valence-electron chi connectivity index (χ1n) is 6.59. The van der Waals surface area contributed by atoms with Crippen molar-refractivity contribution in [3.05, 3.63) is 41.5 Å². The summed E-state index contributed by atoms with van der Waals surface area (Å²) in [6.45, 7) is 0. The molecule has 0 aliphatic heterocycles. The third-order valence-corrected chi connectivity index (χ3v) is 3.48. The summed E-state index contributed by atoms with van der Waals surface area (Å²) in [5.41, 5.74) is 3.39. The van der Waals surface area contributed by atoms with E-state index in [1.807, 2.05) is 30.3 Å². The van der Waals surface area contributed by atoms with Crippen molar-refractivity contribution < 1.29 is 0 Å². The summed E-state index contributed by atoms with van der Waals surface area (Å²) < 4.78 is 0. The summed E-state index contributed by atoms with van der Waals surface area (Å²) in [5, 5.41) is 9.39. The van der Waals surface area contributed by atoms with Gasteiger partial charge in [-0.15, -0.1) is 0 Å². The Morgan fingerprint density at radius 3 is 2.06 bits per heavy atom. The van der Waals surface area contributed by atoms with Crippen molar-refractivity contribution in [2.75, 3.05) is 0 Å². The van der Waals surface area contributed by atoms with Gasteiger partial charge >= 0.3 is 0 Å². The molecule has 1 nitrogen and oxygen atoms in total. The summed E-state index contributed by atoms with van der Waals surface area (Å²) in [6, 6.07) is 12.5. The Morgan fingerprint density at radius 1 is 0.882 bits per heavy atom. The second-order valence-electron chi connectivity index (χ2n) is 4.72. The second kappa shape index (κ2) is 6.25. The third-order valence-electron chi connectivity index (χ3n) is 3.48. The van der Waals surface area contributed by atoms with Gasteiger partial charge < -0.3 is 0 Å². The van der Waals surface area contributed by atoms with Gasteiger partial charge in [0.15, 0.2) is 0 Å². The molecule has 0 spiro atoms. The predicted octanol–water partition coefficient (Wildman–Crippen LogP) is 4.71. The maximum Gasteiger partial charge on any atom is 0.0997 e. The minimum atomic E-state index is 0.924. The molecule has 1 aliphatic carbocycles. The first kappa shape index (κ1) is 11.9. The first-order chi connectivity index (χ1) is 8.42. The van der Waals surface area contributed by atoms with E-state index in [1.165, 1.54) is 37.7 Å². The highest BCUT2D eigenvalue weighted by atomic mass is 14.3. The van der Waals surface area contributed by atoms with Crippen molar-refractivity contribution in [3.8, 4) is 6.07 Å². The molecule has 1 saturated carbocycles. The summed E-state index contributed by atoms with van der Waals surface area (Å²) in [7, 11) is 0. The van der Waals surface area contributed by atoms with Crippen molar-refractivity contribution in [1.82, 2.24) is 0 Å². The smallest absolute Gasteiger partial charge is 0.0997 e. The molecule has 1 aliphatic rings. The van der Waals surface area contributed by atoms with Crippen LogP contribution < -0.4 is 0 Å². The van der Waals surface area contributed by atoms with Crippen LogP contribution in [0.25, 0.3) is 5.57 Å². The molecule has 17 heavy (non-hydrogen) atoms. The molecule has 0 atom stereocenters. The van der Waals surface area contributed by atoms with E-state index in [0.717, 1.165) is 24.0 Å². The summed E-state index contributed by atoms with van der Waals surface area (Å²) in [6.07, 6.45) is 8.70. The van der Waals surface area contributed by atoms with Crippen molar-refractivity contribution in [2.24, 2.45) is 0 Å². The van der Waals surface area contributed by atoms with E-state index in [-0.39, 0.29) is 0 Å². The van der Waals surface area contributed by atoms with Crippen LogP contribution >= 0.6 is 0 Å². The Bertz CT molecular complexity index is 413. The molecule has 0 aromatic heterocycles. The van der Waals surface area contributed by atoms with Gasteiger partial charge in [0.25, 0.3) is 0 Å². The molecule has 1 heteroatoms. The van der Waals surface area contributed by atoms with Gasteiger partial charge in [-0.1, -0.05) is 55.2 Å². The van der Waals surface area contributed by atoms with E-state index in [4.69, 9.17) is 0 Å². The van der Waals surface area contributed by atoms with Crippen molar-refractivity contribution in [1.29, 1.82) is 5.26 Å². The topological polar surface area (TPSA) is 23.8 Å². The zero-order valence-corrected chi connectivity index (χ0v) is 10.3. The highest BCUT2D eigenvalue weighted by molar-refractivity contribution is 5.79. The number of rotatable bonds is 1. The van der Waals surface area contributed by atoms with Gasteiger partial charge in [0.1, 0.15) is 0 Å². The average molecular weight is 225 g/mol. The van der Waals surface area contributed by atoms with Gasteiger partial charge in [-0.2, -0.15) is 5.26 Å². The fraction of sp³-hybridized carbons (Fsp3) is 0.438. The van der Waals surface area contributed by atoms with E-state index >= 15 is 0 Å². The molecule has 88 valence electrons.